The molecule has 0 radical (unpaired) electrons. The zero-order chi connectivity index (χ0) is 20.6. The topological polar surface area (TPSA) is 46.6 Å². The van der Waals surface area contributed by atoms with Gasteiger partial charge in [0.25, 0.3) is 11.8 Å². The van der Waals surface area contributed by atoms with E-state index in [0.717, 1.165) is 41.9 Å². The highest BCUT2D eigenvalue weighted by molar-refractivity contribution is 8.04. The first-order valence-electron chi connectivity index (χ1n) is 10.2. The Balaban J connectivity index is 1.92. The number of thioether (sulfide) groups is 1. The Bertz CT molecular complexity index is 875. The molecule has 0 N–H and O–H groups in total. The van der Waals surface area contributed by atoms with Crippen LogP contribution in [-0.4, -0.2) is 29.9 Å². The van der Waals surface area contributed by atoms with Crippen molar-refractivity contribution in [3.05, 3.63) is 65.1 Å². The molecule has 0 spiro atoms. The second-order valence-corrected chi connectivity index (χ2v) is 8.04. The lowest BCUT2D eigenvalue weighted by Crippen LogP contribution is -2.32. The van der Waals surface area contributed by atoms with Gasteiger partial charge in [-0.25, -0.2) is 0 Å². The van der Waals surface area contributed by atoms with Crippen LogP contribution in [0, 0.1) is 0 Å². The van der Waals surface area contributed by atoms with E-state index in [9.17, 15) is 9.59 Å². The summed E-state index contributed by atoms with van der Waals surface area (Å²) >= 11 is 1.36. The summed E-state index contributed by atoms with van der Waals surface area (Å²) in [6, 6.07) is 17.2. The van der Waals surface area contributed by atoms with E-state index in [2.05, 4.69) is 13.8 Å². The van der Waals surface area contributed by atoms with Gasteiger partial charge in [-0.2, -0.15) is 0 Å². The molecule has 4 nitrogen and oxygen atoms in total. The Morgan fingerprint density at radius 2 is 1.59 bits per heavy atom. The number of benzene rings is 2. The summed E-state index contributed by atoms with van der Waals surface area (Å²) in [7, 11) is 0. The highest BCUT2D eigenvalue weighted by Crippen LogP contribution is 2.40. The SMILES string of the molecule is CCCCCN1C(=O)C(Sc2ccccc2)=C(c2ccc(OCCC)cc2)C1=O. The third kappa shape index (κ3) is 5.10. The van der Waals surface area contributed by atoms with E-state index in [0.29, 0.717) is 23.6 Å². The third-order valence-corrected chi connectivity index (χ3v) is 5.78. The Labute approximate surface area is 176 Å². The maximum atomic E-state index is 13.2. The van der Waals surface area contributed by atoms with Gasteiger partial charge in [0.15, 0.2) is 0 Å². The molecule has 2 aromatic carbocycles. The Hall–Kier alpha value is -2.53. The standard InChI is InChI=1S/C24H27NO3S/c1-3-5-9-16-25-23(26)21(18-12-14-19(15-13-18)28-17-4-2)22(24(25)27)29-20-10-7-6-8-11-20/h6-8,10-15H,3-5,9,16-17H2,1-2H3. The molecule has 152 valence electrons. The molecule has 0 bridgehead atoms. The molecule has 0 aromatic heterocycles. The summed E-state index contributed by atoms with van der Waals surface area (Å²) in [5, 5.41) is 0. The molecule has 0 atom stereocenters. The summed E-state index contributed by atoms with van der Waals surface area (Å²) in [6.07, 6.45) is 3.80. The van der Waals surface area contributed by atoms with Gasteiger partial charge in [0.2, 0.25) is 0 Å². The first-order valence-corrected chi connectivity index (χ1v) is 11.0. The quantitative estimate of drug-likeness (QED) is 0.382. The fourth-order valence-electron chi connectivity index (χ4n) is 3.17. The highest BCUT2D eigenvalue weighted by atomic mass is 32.2. The molecule has 3 rings (SSSR count). The summed E-state index contributed by atoms with van der Waals surface area (Å²) in [5.74, 6) is 0.373. The van der Waals surface area contributed by atoms with Crippen LogP contribution < -0.4 is 4.74 Å². The molecule has 0 aliphatic carbocycles. The second-order valence-electron chi connectivity index (χ2n) is 6.96. The molecule has 0 saturated heterocycles. The molecule has 1 aliphatic rings. The van der Waals surface area contributed by atoms with Crippen molar-refractivity contribution in [1.82, 2.24) is 4.90 Å². The number of carbonyl (C=O) groups excluding carboxylic acids is 2. The van der Waals surface area contributed by atoms with Crippen molar-refractivity contribution in [2.24, 2.45) is 0 Å². The lowest BCUT2D eigenvalue weighted by atomic mass is 10.1. The minimum atomic E-state index is -0.202. The molecule has 1 heterocycles. The lowest BCUT2D eigenvalue weighted by Gasteiger charge is -2.14. The molecule has 0 saturated carbocycles. The fraction of sp³-hybridized carbons (Fsp3) is 0.333. The number of imide groups is 1. The fourth-order valence-corrected chi connectivity index (χ4v) is 4.20. The molecule has 1 aliphatic heterocycles. The van der Waals surface area contributed by atoms with E-state index in [1.54, 1.807) is 0 Å². The van der Waals surface area contributed by atoms with Crippen LogP contribution >= 0.6 is 11.8 Å². The number of rotatable bonds is 10. The molecule has 0 fully saturated rings. The molecule has 29 heavy (non-hydrogen) atoms. The van der Waals surface area contributed by atoms with Crippen LogP contribution in [0.25, 0.3) is 5.57 Å². The Morgan fingerprint density at radius 1 is 0.862 bits per heavy atom. The largest absolute Gasteiger partial charge is 0.494 e. The smallest absolute Gasteiger partial charge is 0.268 e. The van der Waals surface area contributed by atoms with Gasteiger partial charge < -0.3 is 4.74 Å². The van der Waals surface area contributed by atoms with Gasteiger partial charge in [0, 0.05) is 11.4 Å². The van der Waals surface area contributed by atoms with Crippen molar-refractivity contribution < 1.29 is 14.3 Å². The lowest BCUT2D eigenvalue weighted by molar-refractivity contribution is -0.136. The number of amides is 2. The Kier molecular flexibility index (Phi) is 7.53. The average Bonchev–Trinajstić information content (AvgIpc) is 2.98. The first-order chi connectivity index (χ1) is 14.2. The van der Waals surface area contributed by atoms with Crippen LogP contribution in [0.4, 0.5) is 0 Å². The molecular weight excluding hydrogens is 382 g/mol. The van der Waals surface area contributed by atoms with E-state index < -0.39 is 0 Å². The van der Waals surface area contributed by atoms with E-state index >= 15 is 0 Å². The summed E-state index contributed by atoms with van der Waals surface area (Å²) < 4.78 is 5.65. The molecule has 2 amide bonds. The minimum absolute atomic E-state index is 0.193. The van der Waals surface area contributed by atoms with Gasteiger partial charge in [0.05, 0.1) is 17.1 Å². The molecular formula is C24H27NO3S. The van der Waals surface area contributed by atoms with Crippen molar-refractivity contribution in [1.29, 1.82) is 0 Å². The van der Waals surface area contributed by atoms with Crippen molar-refractivity contribution in [2.45, 2.75) is 44.4 Å². The van der Waals surface area contributed by atoms with Gasteiger partial charge in [0.1, 0.15) is 5.75 Å². The molecule has 2 aromatic rings. The number of hydrogen-bond acceptors (Lipinski definition) is 4. The van der Waals surface area contributed by atoms with Crippen LogP contribution in [-0.2, 0) is 9.59 Å². The summed E-state index contributed by atoms with van der Waals surface area (Å²) in [4.78, 5) is 29.1. The number of ether oxygens (including phenoxy) is 1. The second kappa shape index (κ2) is 10.3. The maximum Gasteiger partial charge on any atom is 0.268 e. The maximum absolute atomic E-state index is 13.2. The average molecular weight is 410 g/mol. The predicted molar refractivity (Wildman–Crippen MR) is 118 cm³/mol. The normalized spacial score (nSPS) is 14.1. The van der Waals surface area contributed by atoms with Crippen LogP contribution in [0.2, 0.25) is 0 Å². The third-order valence-electron chi connectivity index (χ3n) is 4.69. The van der Waals surface area contributed by atoms with Gasteiger partial charge in [-0.1, -0.05) is 68.8 Å². The van der Waals surface area contributed by atoms with Crippen molar-refractivity contribution in [2.75, 3.05) is 13.2 Å². The molecule has 0 unspecified atom stereocenters. The zero-order valence-corrected chi connectivity index (χ0v) is 17.8. The van der Waals surface area contributed by atoms with E-state index in [1.807, 2.05) is 54.6 Å². The van der Waals surface area contributed by atoms with Crippen LogP contribution in [0.5, 0.6) is 5.75 Å². The van der Waals surface area contributed by atoms with Gasteiger partial charge in [-0.05, 0) is 42.7 Å². The van der Waals surface area contributed by atoms with Gasteiger partial charge >= 0.3 is 0 Å². The number of hydrogen-bond donors (Lipinski definition) is 0. The van der Waals surface area contributed by atoms with Crippen molar-refractivity contribution >= 4 is 29.1 Å². The van der Waals surface area contributed by atoms with Crippen LogP contribution in [0.3, 0.4) is 0 Å². The number of carbonyl (C=O) groups is 2. The highest BCUT2D eigenvalue weighted by Gasteiger charge is 2.39. The monoisotopic (exact) mass is 409 g/mol. The summed E-state index contributed by atoms with van der Waals surface area (Å²) in [6.45, 7) is 5.28. The van der Waals surface area contributed by atoms with Gasteiger partial charge in [-0.15, -0.1) is 0 Å². The van der Waals surface area contributed by atoms with Gasteiger partial charge in [-0.3, -0.25) is 14.5 Å². The van der Waals surface area contributed by atoms with E-state index in [4.69, 9.17) is 4.74 Å². The summed E-state index contributed by atoms with van der Waals surface area (Å²) in [5.41, 5.74) is 1.24. The van der Waals surface area contributed by atoms with Crippen molar-refractivity contribution in [3.8, 4) is 5.75 Å². The van der Waals surface area contributed by atoms with E-state index in [-0.39, 0.29) is 11.8 Å². The minimum Gasteiger partial charge on any atom is -0.494 e. The Morgan fingerprint density at radius 3 is 2.24 bits per heavy atom. The van der Waals surface area contributed by atoms with E-state index in [1.165, 1.54) is 16.7 Å². The first kappa shape index (κ1) is 21.2. The number of unbranched alkanes of at least 4 members (excludes halogenated alkanes) is 2. The zero-order valence-electron chi connectivity index (χ0n) is 17.0. The van der Waals surface area contributed by atoms with Crippen LogP contribution in [0.15, 0.2) is 64.4 Å². The predicted octanol–water partition coefficient (Wildman–Crippen LogP) is 5.54. The number of nitrogens with zero attached hydrogens (tertiary/aromatic N) is 1. The molecule has 5 heteroatoms. The van der Waals surface area contributed by atoms with Crippen molar-refractivity contribution in [3.63, 3.8) is 0 Å². The van der Waals surface area contributed by atoms with Crippen LogP contribution in [0.1, 0.15) is 45.1 Å².